The maximum Gasteiger partial charge on any atom is 0.221 e. The Balaban J connectivity index is 1.77. The van der Waals surface area contributed by atoms with Crippen molar-refractivity contribution >= 4 is 28.9 Å². The van der Waals surface area contributed by atoms with Crippen LogP contribution in [0.5, 0.6) is 0 Å². The summed E-state index contributed by atoms with van der Waals surface area (Å²) in [6, 6.07) is 13.8. The van der Waals surface area contributed by atoms with Crippen LogP contribution in [0.3, 0.4) is 0 Å². The highest BCUT2D eigenvalue weighted by Crippen LogP contribution is 2.10. The molecule has 0 radical (unpaired) electrons. The van der Waals surface area contributed by atoms with Crippen molar-refractivity contribution in [2.75, 3.05) is 11.9 Å². The SMILES string of the molecule is NC(=O)Cc1ccc(NC(=S)NCCc2cccc(F)c2)cc1. The average Bonchev–Trinajstić information content (AvgIpc) is 2.49. The number of nitrogens with two attached hydrogens (primary N) is 1. The summed E-state index contributed by atoms with van der Waals surface area (Å²) < 4.78 is 13.1. The Morgan fingerprint density at radius 3 is 2.52 bits per heavy atom. The smallest absolute Gasteiger partial charge is 0.221 e. The fourth-order valence-electron chi connectivity index (χ4n) is 2.10. The van der Waals surface area contributed by atoms with Crippen LogP contribution in [-0.4, -0.2) is 17.6 Å². The van der Waals surface area contributed by atoms with Crippen LogP contribution in [0.1, 0.15) is 11.1 Å². The summed E-state index contributed by atoms with van der Waals surface area (Å²) in [7, 11) is 0. The lowest BCUT2D eigenvalue weighted by molar-refractivity contribution is -0.117. The van der Waals surface area contributed by atoms with Gasteiger partial charge in [-0.1, -0.05) is 24.3 Å². The average molecular weight is 331 g/mol. The predicted molar refractivity (Wildman–Crippen MR) is 93.7 cm³/mol. The number of carbonyl (C=O) groups is 1. The standard InChI is InChI=1S/C17H18FN3OS/c18-14-3-1-2-12(10-14)8-9-20-17(23)21-15-6-4-13(5-7-15)11-16(19)22/h1-7,10H,8-9,11H2,(H2,19,22)(H2,20,21,23). The molecule has 0 aliphatic rings. The highest BCUT2D eigenvalue weighted by atomic mass is 32.1. The van der Waals surface area contributed by atoms with E-state index in [0.717, 1.165) is 16.8 Å². The van der Waals surface area contributed by atoms with E-state index < -0.39 is 0 Å². The minimum atomic E-state index is -0.361. The molecule has 2 rings (SSSR count). The van der Waals surface area contributed by atoms with Gasteiger partial charge in [-0.2, -0.15) is 0 Å². The van der Waals surface area contributed by atoms with Gasteiger partial charge < -0.3 is 16.4 Å². The molecule has 4 N–H and O–H groups in total. The number of anilines is 1. The van der Waals surface area contributed by atoms with Crippen LogP contribution in [0, 0.1) is 5.82 Å². The van der Waals surface area contributed by atoms with Gasteiger partial charge in [0.05, 0.1) is 6.42 Å². The largest absolute Gasteiger partial charge is 0.369 e. The number of nitrogens with one attached hydrogen (secondary N) is 2. The molecule has 0 heterocycles. The molecule has 2 aromatic carbocycles. The second kappa shape index (κ2) is 8.24. The van der Waals surface area contributed by atoms with E-state index in [-0.39, 0.29) is 18.1 Å². The molecular weight excluding hydrogens is 313 g/mol. The lowest BCUT2D eigenvalue weighted by atomic mass is 10.1. The third kappa shape index (κ3) is 6.04. The predicted octanol–water partition coefficient (Wildman–Crippen LogP) is 2.38. The Labute approximate surface area is 139 Å². The van der Waals surface area contributed by atoms with Crippen LogP contribution in [0.15, 0.2) is 48.5 Å². The molecule has 0 spiro atoms. The number of hydrogen-bond acceptors (Lipinski definition) is 2. The first kappa shape index (κ1) is 16.9. The molecular formula is C17H18FN3OS. The van der Waals surface area contributed by atoms with Crippen molar-refractivity contribution in [1.82, 2.24) is 5.32 Å². The van der Waals surface area contributed by atoms with Gasteiger partial charge in [-0.15, -0.1) is 0 Å². The number of halogens is 1. The van der Waals surface area contributed by atoms with E-state index in [9.17, 15) is 9.18 Å². The van der Waals surface area contributed by atoms with Gasteiger partial charge in [0.2, 0.25) is 5.91 Å². The summed E-state index contributed by atoms with van der Waals surface area (Å²) in [4.78, 5) is 10.8. The lowest BCUT2D eigenvalue weighted by Gasteiger charge is -2.11. The molecule has 0 saturated carbocycles. The van der Waals surface area contributed by atoms with Gasteiger partial charge in [-0.25, -0.2) is 4.39 Å². The Morgan fingerprint density at radius 2 is 1.87 bits per heavy atom. The summed E-state index contributed by atoms with van der Waals surface area (Å²) >= 11 is 5.21. The zero-order valence-electron chi connectivity index (χ0n) is 12.5. The summed E-state index contributed by atoms with van der Waals surface area (Å²) in [6.07, 6.45) is 0.897. The van der Waals surface area contributed by atoms with Crippen molar-refractivity contribution in [3.05, 3.63) is 65.5 Å². The number of amides is 1. The van der Waals surface area contributed by atoms with Crippen LogP contribution >= 0.6 is 12.2 Å². The van der Waals surface area contributed by atoms with E-state index in [1.807, 2.05) is 30.3 Å². The van der Waals surface area contributed by atoms with Crippen molar-refractivity contribution in [2.24, 2.45) is 5.73 Å². The Morgan fingerprint density at radius 1 is 1.13 bits per heavy atom. The summed E-state index contributed by atoms with van der Waals surface area (Å²) in [5.74, 6) is -0.598. The molecule has 0 unspecified atom stereocenters. The normalized spacial score (nSPS) is 10.1. The van der Waals surface area contributed by atoms with Crippen molar-refractivity contribution in [2.45, 2.75) is 12.8 Å². The van der Waals surface area contributed by atoms with Crippen molar-refractivity contribution < 1.29 is 9.18 Å². The number of hydrogen-bond donors (Lipinski definition) is 3. The topological polar surface area (TPSA) is 67.2 Å². The third-order valence-electron chi connectivity index (χ3n) is 3.18. The number of thiocarbonyl (C=S) groups is 1. The number of benzene rings is 2. The fourth-order valence-corrected chi connectivity index (χ4v) is 2.32. The Kier molecular flexibility index (Phi) is 6.05. The molecule has 0 saturated heterocycles. The van der Waals surface area contributed by atoms with Crippen molar-refractivity contribution in [3.63, 3.8) is 0 Å². The Bertz CT molecular complexity index is 688. The molecule has 4 nitrogen and oxygen atoms in total. The van der Waals surface area contributed by atoms with E-state index in [2.05, 4.69) is 10.6 Å². The summed E-state index contributed by atoms with van der Waals surface area (Å²) in [5.41, 5.74) is 7.74. The van der Waals surface area contributed by atoms with Crippen LogP contribution in [0.25, 0.3) is 0 Å². The van der Waals surface area contributed by atoms with Crippen LogP contribution < -0.4 is 16.4 Å². The molecule has 23 heavy (non-hydrogen) atoms. The molecule has 0 aliphatic carbocycles. The molecule has 1 amide bonds. The van der Waals surface area contributed by atoms with Gasteiger partial charge in [0, 0.05) is 12.2 Å². The minimum Gasteiger partial charge on any atom is -0.369 e. The summed E-state index contributed by atoms with van der Waals surface area (Å²) in [5, 5.41) is 6.61. The Hall–Kier alpha value is -2.47. The maximum absolute atomic E-state index is 13.1. The molecule has 0 bridgehead atoms. The monoisotopic (exact) mass is 331 g/mol. The molecule has 0 fully saturated rings. The lowest BCUT2D eigenvalue weighted by Crippen LogP contribution is -2.30. The van der Waals surface area contributed by atoms with E-state index in [0.29, 0.717) is 18.1 Å². The number of carbonyl (C=O) groups excluding carboxylic acids is 1. The van der Waals surface area contributed by atoms with E-state index in [4.69, 9.17) is 18.0 Å². The van der Waals surface area contributed by atoms with E-state index in [1.54, 1.807) is 6.07 Å². The fraction of sp³-hybridized carbons (Fsp3) is 0.176. The van der Waals surface area contributed by atoms with Gasteiger partial charge in [0.1, 0.15) is 5.82 Å². The second-order valence-corrected chi connectivity index (χ2v) is 5.51. The minimum absolute atomic E-state index is 0.219. The first-order valence-corrected chi connectivity index (χ1v) is 7.60. The van der Waals surface area contributed by atoms with Crippen LogP contribution in [-0.2, 0) is 17.6 Å². The second-order valence-electron chi connectivity index (χ2n) is 5.10. The highest BCUT2D eigenvalue weighted by Gasteiger charge is 2.01. The van der Waals surface area contributed by atoms with Gasteiger partial charge in [0.25, 0.3) is 0 Å². The number of rotatable bonds is 6. The molecule has 2 aromatic rings. The van der Waals surface area contributed by atoms with Crippen molar-refractivity contribution in [3.8, 4) is 0 Å². The molecule has 6 heteroatoms. The zero-order valence-corrected chi connectivity index (χ0v) is 13.3. The third-order valence-corrected chi connectivity index (χ3v) is 3.42. The number of primary amides is 1. The quantitative estimate of drug-likeness (QED) is 0.711. The van der Waals surface area contributed by atoms with Crippen molar-refractivity contribution in [1.29, 1.82) is 0 Å². The maximum atomic E-state index is 13.1. The molecule has 0 aliphatic heterocycles. The first-order valence-electron chi connectivity index (χ1n) is 7.19. The summed E-state index contributed by atoms with van der Waals surface area (Å²) in [6.45, 7) is 0.606. The van der Waals surface area contributed by atoms with Crippen LogP contribution in [0.2, 0.25) is 0 Å². The van der Waals surface area contributed by atoms with Crippen LogP contribution in [0.4, 0.5) is 10.1 Å². The highest BCUT2D eigenvalue weighted by molar-refractivity contribution is 7.80. The first-order chi connectivity index (χ1) is 11.0. The van der Waals surface area contributed by atoms with Gasteiger partial charge in [-0.05, 0) is 54.0 Å². The molecule has 0 atom stereocenters. The zero-order chi connectivity index (χ0) is 16.7. The van der Waals surface area contributed by atoms with Gasteiger partial charge >= 0.3 is 0 Å². The molecule has 0 aromatic heterocycles. The van der Waals surface area contributed by atoms with Gasteiger partial charge in [0.15, 0.2) is 5.11 Å². The van der Waals surface area contributed by atoms with E-state index in [1.165, 1.54) is 12.1 Å². The van der Waals surface area contributed by atoms with Gasteiger partial charge in [-0.3, -0.25) is 4.79 Å². The molecule has 120 valence electrons. The van der Waals surface area contributed by atoms with E-state index >= 15 is 0 Å².